The molecule has 0 bridgehead atoms. The maximum Gasteiger partial charge on any atom is 0.256 e. The molecular formula is C24H25ClN4O. The molecule has 1 amide bonds. The Morgan fingerprint density at radius 2 is 2.13 bits per heavy atom. The molecule has 5 nitrogen and oxygen atoms in total. The lowest BCUT2D eigenvalue weighted by Crippen LogP contribution is -2.44. The number of nitriles is 1. The average Bonchev–Trinajstić information content (AvgIpc) is 2.76. The number of amides is 1. The fourth-order valence-electron chi connectivity index (χ4n) is 3.87. The van der Waals surface area contributed by atoms with E-state index in [1.807, 2.05) is 25.1 Å². The molecule has 154 valence electrons. The number of halogens is 1. The number of pyridine rings is 1. The zero-order valence-corrected chi connectivity index (χ0v) is 17.8. The minimum absolute atomic E-state index is 0.118. The van der Waals surface area contributed by atoms with Crippen molar-refractivity contribution in [2.24, 2.45) is 11.1 Å². The summed E-state index contributed by atoms with van der Waals surface area (Å²) >= 11 is 6.06. The van der Waals surface area contributed by atoms with E-state index < -0.39 is 5.41 Å². The molecule has 6 heteroatoms. The lowest BCUT2D eigenvalue weighted by molar-refractivity contribution is 0.0646. The SMILES string of the molecule is C=C/C=C(\N)c1ncccc1C(=O)N1CCC(C#N)(Cc2ccc(Cl)cc2C)CC1. The number of piperidine rings is 1. The molecule has 1 fully saturated rings. The molecular weight excluding hydrogens is 396 g/mol. The highest BCUT2D eigenvalue weighted by molar-refractivity contribution is 6.30. The van der Waals surface area contributed by atoms with Crippen molar-refractivity contribution in [1.29, 1.82) is 5.26 Å². The second-order valence-electron chi connectivity index (χ2n) is 7.69. The maximum atomic E-state index is 13.2. The van der Waals surface area contributed by atoms with E-state index in [1.54, 1.807) is 35.4 Å². The van der Waals surface area contributed by atoms with Gasteiger partial charge in [0.2, 0.25) is 0 Å². The standard InChI is InChI=1S/C24H25ClN4O/c1-3-5-21(27)22-20(6-4-11-28-22)23(30)29-12-9-24(16-26,10-13-29)15-18-7-8-19(25)14-17(18)2/h3-8,11,14H,1,9-10,12-13,15,27H2,2H3/b21-5-. The highest BCUT2D eigenvalue weighted by Crippen LogP contribution is 2.36. The number of rotatable bonds is 5. The Labute approximate surface area is 182 Å². The molecule has 1 aliphatic heterocycles. The summed E-state index contributed by atoms with van der Waals surface area (Å²) in [6, 6.07) is 11.8. The summed E-state index contributed by atoms with van der Waals surface area (Å²) in [5.41, 5.74) is 9.09. The van der Waals surface area contributed by atoms with E-state index >= 15 is 0 Å². The molecule has 2 heterocycles. The van der Waals surface area contributed by atoms with Crippen LogP contribution >= 0.6 is 11.6 Å². The number of hydrogen-bond acceptors (Lipinski definition) is 4. The number of carbonyl (C=O) groups is 1. The van der Waals surface area contributed by atoms with Crippen LogP contribution < -0.4 is 5.73 Å². The van der Waals surface area contributed by atoms with Gasteiger partial charge in [0.05, 0.1) is 28.4 Å². The van der Waals surface area contributed by atoms with Crippen LogP contribution in [0.5, 0.6) is 0 Å². The monoisotopic (exact) mass is 420 g/mol. The van der Waals surface area contributed by atoms with Gasteiger partial charge >= 0.3 is 0 Å². The Hall–Kier alpha value is -3.10. The number of hydrogen-bond donors (Lipinski definition) is 1. The molecule has 1 aromatic heterocycles. The van der Waals surface area contributed by atoms with E-state index in [4.69, 9.17) is 17.3 Å². The highest BCUT2D eigenvalue weighted by Gasteiger charge is 2.37. The van der Waals surface area contributed by atoms with Gasteiger partial charge in [0.15, 0.2) is 0 Å². The van der Waals surface area contributed by atoms with E-state index in [1.165, 1.54) is 0 Å². The third-order valence-electron chi connectivity index (χ3n) is 5.69. The van der Waals surface area contributed by atoms with Crippen LogP contribution in [0.25, 0.3) is 5.70 Å². The number of likely N-dealkylation sites (tertiary alicyclic amines) is 1. The Morgan fingerprint density at radius 1 is 1.40 bits per heavy atom. The molecule has 30 heavy (non-hydrogen) atoms. The Bertz CT molecular complexity index is 1030. The van der Waals surface area contributed by atoms with Crippen molar-refractivity contribution in [3.8, 4) is 6.07 Å². The number of nitrogens with two attached hydrogens (primary N) is 1. The summed E-state index contributed by atoms with van der Waals surface area (Å²) < 4.78 is 0. The minimum Gasteiger partial charge on any atom is -0.397 e. The van der Waals surface area contributed by atoms with Gasteiger partial charge in [0.25, 0.3) is 5.91 Å². The normalized spacial score (nSPS) is 16.0. The number of aryl methyl sites for hydroxylation is 1. The molecule has 0 atom stereocenters. The van der Waals surface area contributed by atoms with Crippen LogP contribution in [0, 0.1) is 23.7 Å². The van der Waals surface area contributed by atoms with Gasteiger partial charge in [-0.15, -0.1) is 0 Å². The fraction of sp³-hybridized carbons (Fsp3) is 0.292. The maximum absolute atomic E-state index is 13.2. The zero-order valence-electron chi connectivity index (χ0n) is 17.1. The van der Waals surface area contributed by atoms with E-state index in [9.17, 15) is 10.1 Å². The summed E-state index contributed by atoms with van der Waals surface area (Å²) in [5, 5.41) is 10.6. The van der Waals surface area contributed by atoms with E-state index in [-0.39, 0.29) is 5.91 Å². The van der Waals surface area contributed by atoms with Crippen molar-refractivity contribution in [1.82, 2.24) is 9.88 Å². The molecule has 0 spiro atoms. The van der Waals surface area contributed by atoms with Gasteiger partial charge in [-0.05, 0) is 67.7 Å². The van der Waals surface area contributed by atoms with Crippen LogP contribution in [-0.2, 0) is 6.42 Å². The van der Waals surface area contributed by atoms with Crippen LogP contribution in [0.15, 0.2) is 55.3 Å². The van der Waals surface area contributed by atoms with Gasteiger partial charge < -0.3 is 10.6 Å². The van der Waals surface area contributed by atoms with Crippen molar-refractivity contribution >= 4 is 23.2 Å². The second kappa shape index (κ2) is 9.15. The molecule has 1 aromatic carbocycles. The predicted octanol–water partition coefficient (Wildman–Crippen LogP) is 4.52. The number of nitrogens with zero attached hydrogens (tertiary/aromatic N) is 3. The first-order valence-corrected chi connectivity index (χ1v) is 10.3. The van der Waals surface area contributed by atoms with Crippen LogP contribution in [0.4, 0.5) is 0 Å². The lowest BCUT2D eigenvalue weighted by atomic mass is 9.74. The largest absolute Gasteiger partial charge is 0.397 e. The van der Waals surface area contributed by atoms with Gasteiger partial charge in [-0.2, -0.15) is 5.26 Å². The van der Waals surface area contributed by atoms with Crippen molar-refractivity contribution in [3.63, 3.8) is 0 Å². The topological polar surface area (TPSA) is 83.0 Å². The number of carbonyl (C=O) groups excluding carboxylic acids is 1. The van der Waals surface area contributed by atoms with Gasteiger partial charge in [0, 0.05) is 24.3 Å². The molecule has 1 saturated heterocycles. The van der Waals surface area contributed by atoms with Crippen LogP contribution in [0.2, 0.25) is 5.02 Å². The summed E-state index contributed by atoms with van der Waals surface area (Å²) in [7, 11) is 0. The highest BCUT2D eigenvalue weighted by atomic mass is 35.5. The first kappa shape index (κ1) is 21.6. The third-order valence-corrected chi connectivity index (χ3v) is 5.92. The summed E-state index contributed by atoms with van der Waals surface area (Å²) in [6.07, 6.45) is 6.70. The fourth-order valence-corrected chi connectivity index (χ4v) is 4.10. The van der Waals surface area contributed by atoms with Crippen LogP contribution in [0.1, 0.15) is 40.0 Å². The Morgan fingerprint density at radius 3 is 2.77 bits per heavy atom. The van der Waals surface area contributed by atoms with E-state index in [0.29, 0.717) is 54.3 Å². The lowest BCUT2D eigenvalue weighted by Gasteiger charge is -2.38. The first-order valence-electron chi connectivity index (χ1n) is 9.88. The van der Waals surface area contributed by atoms with Crippen LogP contribution in [-0.4, -0.2) is 28.9 Å². The van der Waals surface area contributed by atoms with Crippen molar-refractivity contribution in [2.75, 3.05) is 13.1 Å². The second-order valence-corrected chi connectivity index (χ2v) is 8.13. The van der Waals surface area contributed by atoms with Crippen LogP contribution in [0.3, 0.4) is 0 Å². The smallest absolute Gasteiger partial charge is 0.256 e. The first-order chi connectivity index (χ1) is 14.4. The van der Waals surface area contributed by atoms with Crippen molar-refractivity contribution in [3.05, 3.63) is 82.7 Å². The third kappa shape index (κ3) is 4.55. The Balaban J connectivity index is 1.76. The molecule has 1 aliphatic rings. The molecule has 3 rings (SSSR count). The molecule has 0 radical (unpaired) electrons. The summed E-state index contributed by atoms with van der Waals surface area (Å²) in [6.45, 7) is 6.68. The summed E-state index contributed by atoms with van der Waals surface area (Å²) in [5.74, 6) is -0.118. The average molecular weight is 421 g/mol. The van der Waals surface area contributed by atoms with Crippen molar-refractivity contribution in [2.45, 2.75) is 26.2 Å². The Kier molecular flexibility index (Phi) is 6.59. The number of allylic oxidation sites excluding steroid dienone is 2. The quantitative estimate of drug-likeness (QED) is 0.721. The molecule has 2 aromatic rings. The number of aromatic nitrogens is 1. The predicted molar refractivity (Wildman–Crippen MR) is 120 cm³/mol. The van der Waals surface area contributed by atoms with Gasteiger partial charge in [-0.25, -0.2) is 0 Å². The molecule has 0 aliphatic carbocycles. The number of benzene rings is 1. The van der Waals surface area contributed by atoms with E-state index in [0.717, 1.165) is 11.1 Å². The van der Waals surface area contributed by atoms with Gasteiger partial charge in [-0.1, -0.05) is 30.3 Å². The summed E-state index contributed by atoms with van der Waals surface area (Å²) in [4.78, 5) is 19.2. The zero-order chi connectivity index (χ0) is 21.7. The molecule has 2 N–H and O–H groups in total. The van der Waals surface area contributed by atoms with Gasteiger partial charge in [-0.3, -0.25) is 9.78 Å². The molecule has 0 unspecified atom stereocenters. The van der Waals surface area contributed by atoms with Gasteiger partial charge in [0.1, 0.15) is 0 Å². The molecule has 0 saturated carbocycles. The minimum atomic E-state index is -0.491. The van der Waals surface area contributed by atoms with E-state index in [2.05, 4.69) is 17.6 Å². The van der Waals surface area contributed by atoms with Crippen molar-refractivity contribution < 1.29 is 4.79 Å².